The molecular weight excluding hydrogens is 1250 g/mol. The lowest BCUT2D eigenvalue weighted by molar-refractivity contribution is -0.161. The fourth-order valence-electron chi connectivity index (χ4n) is 11.6. The third-order valence-corrected chi connectivity index (χ3v) is 19.5. The number of hydrogen-bond acceptors (Lipinski definition) is 15. The largest absolute Gasteiger partial charge is 0.472 e. The van der Waals surface area contributed by atoms with Crippen LogP contribution in [0.5, 0.6) is 0 Å². The maximum absolute atomic E-state index is 13.1. The van der Waals surface area contributed by atoms with Gasteiger partial charge in [0.15, 0.2) is 12.2 Å². The number of phosphoric acid groups is 2. The second-order valence-electron chi connectivity index (χ2n) is 28.8. The Morgan fingerprint density at radius 2 is 0.484 bits per heavy atom. The van der Waals surface area contributed by atoms with E-state index in [1.54, 1.807) is 0 Å². The number of rotatable bonds is 74. The molecule has 0 heterocycles. The van der Waals surface area contributed by atoms with Crippen molar-refractivity contribution in [2.75, 3.05) is 39.6 Å². The van der Waals surface area contributed by atoms with Gasteiger partial charge in [0.2, 0.25) is 0 Å². The van der Waals surface area contributed by atoms with Crippen molar-refractivity contribution in [3.63, 3.8) is 0 Å². The molecule has 95 heavy (non-hydrogen) atoms. The van der Waals surface area contributed by atoms with E-state index >= 15 is 0 Å². The van der Waals surface area contributed by atoms with E-state index in [2.05, 4.69) is 48.5 Å². The van der Waals surface area contributed by atoms with E-state index in [0.717, 1.165) is 108 Å². The number of hydrogen-bond donors (Lipinski definition) is 3. The van der Waals surface area contributed by atoms with E-state index < -0.39 is 97.5 Å². The van der Waals surface area contributed by atoms with Crippen molar-refractivity contribution in [1.82, 2.24) is 0 Å². The summed E-state index contributed by atoms with van der Waals surface area (Å²) in [6, 6.07) is 0. The summed E-state index contributed by atoms with van der Waals surface area (Å²) < 4.78 is 68.5. The molecule has 0 aromatic carbocycles. The molecule has 0 aliphatic carbocycles. The molecule has 0 amide bonds. The first-order chi connectivity index (χ1) is 45.7. The Morgan fingerprint density at radius 1 is 0.284 bits per heavy atom. The summed E-state index contributed by atoms with van der Waals surface area (Å²) in [5, 5.41) is 10.6. The Labute approximate surface area is 581 Å². The third kappa shape index (κ3) is 70.3. The summed E-state index contributed by atoms with van der Waals surface area (Å²) in [7, 11) is -9.91. The number of carbonyl (C=O) groups excluding carboxylic acids is 4. The van der Waals surface area contributed by atoms with Gasteiger partial charge in [0.1, 0.15) is 19.3 Å². The van der Waals surface area contributed by atoms with Gasteiger partial charge in [-0.25, -0.2) is 9.13 Å². The molecule has 17 nitrogen and oxygen atoms in total. The number of ether oxygens (including phenoxy) is 4. The minimum Gasteiger partial charge on any atom is -0.462 e. The maximum Gasteiger partial charge on any atom is 0.472 e. The van der Waals surface area contributed by atoms with E-state index in [1.165, 1.54) is 193 Å². The Balaban J connectivity index is 5.19. The van der Waals surface area contributed by atoms with E-state index in [0.29, 0.717) is 31.6 Å². The Hall–Kier alpha value is -1.94. The molecule has 5 atom stereocenters. The van der Waals surface area contributed by atoms with Gasteiger partial charge in [-0.2, -0.15) is 0 Å². The summed E-state index contributed by atoms with van der Waals surface area (Å²) >= 11 is 0. The molecule has 0 aliphatic heterocycles. The van der Waals surface area contributed by atoms with Crippen molar-refractivity contribution in [2.24, 2.45) is 17.8 Å². The van der Waals surface area contributed by atoms with Crippen LogP contribution in [0.1, 0.15) is 389 Å². The van der Waals surface area contributed by atoms with Gasteiger partial charge in [0.25, 0.3) is 0 Å². The number of esters is 4. The van der Waals surface area contributed by atoms with Gasteiger partial charge in [-0.15, -0.1) is 0 Å². The molecule has 564 valence electrons. The fourth-order valence-corrected chi connectivity index (χ4v) is 13.2. The molecule has 0 rings (SSSR count). The first-order valence-corrected chi connectivity index (χ1v) is 42.3. The molecule has 3 N–H and O–H groups in total. The second-order valence-corrected chi connectivity index (χ2v) is 31.7. The SMILES string of the molecule is CCCCCCCCCCCCCCCCCCCCCCCC(=O)O[C@H](COC(=O)CCCCCCCCCCCCC(C)C)COP(=O)(O)OC[C@@H](O)COP(=O)(O)OC[C@@H](COC(=O)CCCCCCCCC(C)C)OC(=O)CCCCCCCCCCCC(C)C. The van der Waals surface area contributed by atoms with Crippen LogP contribution in [0.25, 0.3) is 0 Å². The van der Waals surface area contributed by atoms with Crippen molar-refractivity contribution in [3.8, 4) is 0 Å². The lowest BCUT2D eigenvalue weighted by Gasteiger charge is -2.21. The van der Waals surface area contributed by atoms with E-state index in [1.807, 2.05) is 0 Å². The zero-order chi connectivity index (χ0) is 70.1. The van der Waals surface area contributed by atoms with Crippen molar-refractivity contribution < 1.29 is 80.2 Å². The van der Waals surface area contributed by atoms with Crippen LogP contribution in [0.3, 0.4) is 0 Å². The zero-order valence-corrected chi connectivity index (χ0v) is 63.9. The third-order valence-electron chi connectivity index (χ3n) is 17.6. The minimum absolute atomic E-state index is 0.104. The number of carbonyl (C=O) groups is 4. The van der Waals surface area contributed by atoms with Gasteiger partial charge in [-0.1, -0.05) is 337 Å². The molecule has 0 saturated carbocycles. The van der Waals surface area contributed by atoms with Gasteiger partial charge in [-0.05, 0) is 43.4 Å². The van der Waals surface area contributed by atoms with Gasteiger partial charge in [0, 0.05) is 25.7 Å². The highest BCUT2D eigenvalue weighted by molar-refractivity contribution is 7.47. The topological polar surface area (TPSA) is 237 Å². The summed E-state index contributed by atoms with van der Waals surface area (Å²) in [6.45, 7) is 11.8. The average Bonchev–Trinajstić information content (AvgIpc) is 1.41. The van der Waals surface area contributed by atoms with E-state index in [9.17, 15) is 43.2 Å². The standard InChI is InChI=1S/C76H148O17P2/c1-8-9-10-11-12-13-14-15-16-17-18-19-20-21-22-23-24-31-36-45-52-59-75(80)92-71(63-86-73(78)57-50-43-35-30-26-25-28-33-40-47-54-67(2)3)65-90-94(82,83)88-61-70(77)62-89-95(84,85)91-66-72(64-87-74(79)58-51-44-39-38-42-49-56-69(6)7)93-76(81)60-53-46-37-32-27-29-34-41-48-55-68(4)5/h67-72,77H,8-66H2,1-7H3,(H,82,83)(H,84,85)/t70-,71-,72-/m1/s1. The molecule has 0 aromatic heterocycles. The Kier molecular flexibility index (Phi) is 65.2. The lowest BCUT2D eigenvalue weighted by atomic mass is 10.0. The van der Waals surface area contributed by atoms with Crippen LogP contribution in [-0.2, 0) is 65.4 Å². The van der Waals surface area contributed by atoms with Crippen molar-refractivity contribution >= 4 is 39.5 Å². The van der Waals surface area contributed by atoms with Crippen LogP contribution in [-0.4, -0.2) is 96.7 Å². The first-order valence-electron chi connectivity index (χ1n) is 39.3. The van der Waals surface area contributed by atoms with Crippen LogP contribution >= 0.6 is 15.6 Å². The number of aliphatic hydroxyl groups excluding tert-OH is 1. The summed E-state index contributed by atoms with van der Waals surface area (Å²) in [6.07, 6.45) is 53.1. The highest BCUT2D eigenvalue weighted by Gasteiger charge is 2.30. The smallest absolute Gasteiger partial charge is 0.462 e. The summed E-state index contributed by atoms with van der Waals surface area (Å²) in [5.74, 6) is 0.0518. The van der Waals surface area contributed by atoms with Crippen LogP contribution in [0.15, 0.2) is 0 Å². The van der Waals surface area contributed by atoms with Crippen LogP contribution < -0.4 is 0 Å². The van der Waals surface area contributed by atoms with Crippen molar-refractivity contribution in [1.29, 1.82) is 0 Å². The van der Waals surface area contributed by atoms with Crippen LogP contribution in [0.4, 0.5) is 0 Å². The fraction of sp³-hybridized carbons (Fsp3) is 0.947. The highest BCUT2D eigenvalue weighted by Crippen LogP contribution is 2.45. The summed E-state index contributed by atoms with van der Waals surface area (Å²) in [4.78, 5) is 72.7. The summed E-state index contributed by atoms with van der Waals surface area (Å²) in [5.41, 5.74) is 0. The number of phosphoric ester groups is 2. The van der Waals surface area contributed by atoms with Crippen LogP contribution in [0.2, 0.25) is 0 Å². The van der Waals surface area contributed by atoms with Gasteiger partial charge >= 0.3 is 39.5 Å². The number of unbranched alkanes of at least 4 members (excludes halogenated alkanes) is 42. The zero-order valence-electron chi connectivity index (χ0n) is 62.1. The Bertz CT molecular complexity index is 1850. The van der Waals surface area contributed by atoms with Crippen LogP contribution in [0, 0.1) is 17.8 Å². The predicted octanol–water partition coefficient (Wildman–Crippen LogP) is 22.2. The van der Waals surface area contributed by atoms with Gasteiger partial charge < -0.3 is 33.8 Å². The lowest BCUT2D eigenvalue weighted by Crippen LogP contribution is -2.30. The molecule has 0 radical (unpaired) electrons. The second kappa shape index (κ2) is 66.6. The molecule has 0 aromatic rings. The van der Waals surface area contributed by atoms with Crippen molar-refractivity contribution in [3.05, 3.63) is 0 Å². The molecule has 0 fully saturated rings. The maximum atomic E-state index is 13.1. The van der Waals surface area contributed by atoms with Gasteiger partial charge in [-0.3, -0.25) is 37.3 Å². The molecule has 19 heteroatoms. The Morgan fingerprint density at radius 3 is 0.716 bits per heavy atom. The number of aliphatic hydroxyl groups is 1. The predicted molar refractivity (Wildman–Crippen MR) is 386 cm³/mol. The molecule has 0 bridgehead atoms. The molecule has 0 aliphatic rings. The van der Waals surface area contributed by atoms with Gasteiger partial charge in [0.05, 0.1) is 26.4 Å². The average molecular weight is 1400 g/mol. The monoisotopic (exact) mass is 1400 g/mol. The van der Waals surface area contributed by atoms with E-state index in [-0.39, 0.29) is 25.7 Å². The molecular formula is C76H148O17P2. The normalized spacial score (nSPS) is 14.1. The highest BCUT2D eigenvalue weighted by atomic mass is 31.2. The molecule has 0 spiro atoms. The first kappa shape index (κ1) is 93.1. The molecule has 2 unspecified atom stereocenters. The minimum atomic E-state index is -4.96. The van der Waals surface area contributed by atoms with E-state index in [4.69, 9.17) is 37.0 Å². The molecule has 0 saturated heterocycles. The van der Waals surface area contributed by atoms with Crippen molar-refractivity contribution in [2.45, 2.75) is 407 Å². The quantitative estimate of drug-likeness (QED) is 0.0222.